The van der Waals surface area contributed by atoms with Gasteiger partial charge in [0.2, 0.25) is 0 Å². The second-order valence-corrected chi connectivity index (χ2v) is 2.90. The molecule has 1 N–H and O–H groups in total. The topological polar surface area (TPSA) is 21.3 Å². The van der Waals surface area contributed by atoms with Crippen molar-refractivity contribution in [2.45, 2.75) is 24.9 Å². The Bertz CT molecular complexity index is 101. The van der Waals surface area contributed by atoms with Crippen LogP contribution in [0.25, 0.3) is 0 Å². The minimum Gasteiger partial charge on any atom is -0.372 e. The molecule has 0 aromatic rings. The van der Waals surface area contributed by atoms with Crippen LogP contribution in [0.4, 0.5) is 0 Å². The standard InChI is InChI=1S/C7H12NO/c1-2-4-9-7(3-1)5-8-6-7/h5,8H,1-4,6H2. The molecule has 2 nitrogen and oxygen atoms in total. The molecule has 1 radical (unpaired) electrons. The van der Waals surface area contributed by atoms with E-state index in [1.807, 2.05) is 0 Å². The Hall–Kier alpha value is -0.0800. The van der Waals surface area contributed by atoms with Crippen LogP contribution in [0.2, 0.25) is 0 Å². The molecule has 0 aromatic heterocycles. The fraction of sp³-hybridized carbons (Fsp3) is 0.857. The predicted molar refractivity (Wildman–Crippen MR) is 34.8 cm³/mol. The quantitative estimate of drug-likeness (QED) is 0.515. The van der Waals surface area contributed by atoms with Crippen LogP contribution in [-0.2, 0) is 4.74 Å². The summed E-state index contributed by atoms with van der Waals surface area (Å²) in [5, 5.41) is 3.12. The summed E-state index contributed by atoms with van der Waals surface area (Å²) in [5.74, 6) is 0. The monoisotopic (exact) mass is 126 g/mol. The van der Waals surface area contributed by atoms with Crippen LogP contribution in [0.5, 0.6) is 0 Å². The van der Waals surface area contributed by atoms with Gasteiger partial charge < -0.3 is 10.1 Å². The number of rotatable bonds is 0. The van der Waals surface area contributed by atoms with Crippen LogP contribution < -0.4 is 5.32 Å². The lowest BCUT2D eigenvalue weighted by Crippen LogP contribution is -2.57. The summed E-state index contributed by atoms with van der Waals surface area (Å²) >= 11 is 0. The van der Waals surface area contributed by atoms with E-state index in [9.17, 15) is 0 Å². The van der Waals surface area contributed by atoms with Crippen molar-refractivity contribution in [3.05, 3.63) is 6.54 Å². The van der Waals surface area contributed by atoms with Gasteiger partial charge in [0.1, 0.15) is 0 Å². The van der Waals surface area contributed by atoms with E-state index in [-0.39, 0.29) is 5.60 Å². The number of nitrogens with one attached hydrogen (secondary N) is 1. The fourth-order valence-corrected chi connectivity index (χ4v) is 1.46. The van der Waals surface area contributed by atoms with Crippen molar-refractivity contribution < 1.29 is 4.74 Å². The first kappa shape index (κ1) is 5.69. The zero-order valence-electron chi connectivity index (χ0n) is 5.52. The van der Waals surface area contributed by atoms with Gasteiger partial charge in [0.15, 0.2) is 0 Å². The van der Waals surface area contributed by atoms with Gasteiger partial charge in [0.05, 0.1) is 12.1 Å². The summed E-state index contributed by atoms with van der Waals surface area (Å²) in [6.07, 6.45) is 3.80. The smallest absolute Gasteiger partial charge is 0.0974 e. The van der Waals surface area contributed by atoms with E-state index >= 15 is 0 Å². The summed E-state index contributed by atoms with van der Waals surface area (Å²) in [6.45, 7) is 4.08. The van der Waals surface area contributed by atoms with Crippen molar-refractivity contribution in [1.82, 2.24) is 5.32 Å². The molecule has 2 heterocycles. The number of hydrogen-bond acceptors (Lipinski definition) is 2. The maximum atomic E-state index is 5.58. The predicted octanol–water partition coefficient (Wildman–Crippen LogP) is 0.691. The average Bonchev–Trinajstić information content (AvgIpc) is 1.87. The Morgan fingerprint density at radius 3 is 2.67 bits per heavy atom. The van der Waals surface area contributed by atoms with Crippen molar-refractivity contribution in [2.24, 2.45) is 0 Å². The first-order valence-electron chi connectivity index (χ1n) is 3.63. The van der Waals surface area contributed by atoms with Crippen LogP contribution in [0, 0.1) is 6.54 Å². The fourth-order valence-electron chi connectivity index (χ4n) is 1.46. The molecule has 0 aromatic carbocycles. The van der Waals surface area contributed by atoms with E-state index < -0.39 is 0 Å². The molecule has 2 aliphatic heterocycles. The van der Waals surface area contributed by atoms with Crippen LogP contribution >= 0.6 is 0 Å². The minimum atomic E-state index is 0.165. The molecule has 0 saturated carbocycles. The molecule has 2 aliphatic rings. The molecule has 2 fully saturated rings. The minimum absolute atomic E-state index is 0.165. The van der Waals surface area contributed by atoms with Crippen molar-refractivity contribution in [1.29, 1.82) is 0 Å². The van der Waals surface area contributed by atoms with Gasteiger partial charge in [-0.15, -0.1) is 0 Å². The normalized spacial score (nSPS) is 32.0. The van der Waals surface area contributed by atoms with E-state index in [2.05, 4.69) is 11.9 Å². The highest BCUT2D eigenvalue weighted by molar-refractivity contribution is 5.05. The van der Waals surface area contributed by atoms with Gasteiger partial charge in [-0.05, 0) is 19.3 Å². The third-order valence-electron chi connectivity index (χ3n) is 2.15. The van der Waals surface area contributed by atoms with Gasteiger partial charge in [0.25, 0.3) is 0 Å². The highest BCUT2D eigenvalue weighted by atomic mass is 16.5. The third kappa shape index (κ3) is 0.864. The molecule has 1 unspecified atom stereocenters. The maximum absolute atomic E-state index is 5.58. The molecular weight excluding hydrogens is 114 g/mol. The van der Waals surface area contributed by atoms with Crippen LogP contribution in [-0.4, -0.2) is 18.8 Å². The highest BCUT2D eigenvalue weighted by Crippen LogP contribution is 2.30. The lowest BCUT2D eigenvalue weighted by molar-refractivity contribution is -0.0850. The first-order chi connectivity index (χ1) is 4.41. The van der Waals surface area contributed by atoms with Gasteiger partial charge in [-0.2, -0.15) is 0 Å². The van der Waals surface area contributed by atoms with E-state index in [4.69, 9.17) is 4.74 Å². The zero-order valence-corrected chi connectivity index (χ0v) is 5.52. The molecule has 2 saturated heterocycles. The van der Waals surface area contributed by atoms with E-state index in [0.29, 0.717) is 0 Å². The lowest BCUT2D eigenvalue weighted by Gasteiger charge is -2.44. The molecule has 1 atom stereocenters. The zero-order chi connectivity index (χ0) is 6.16. The number of hydrogen-bond donors (Lipinski definition) is 1. The molecule has 1 spiro atoms. The molecule has 2 heteroatoms. The van der Waals surface area contributed by atoms with Crippen molar-refractivity contribution in [2.75, 3.05) is 13.2 Å². The lowest BCUT2D eigenvalue weighted by atomic mass is 9.88. The Balaban J connectivity index is 1.93. The second-order valence-electron chi connectivity index (χ2n) is 2.90. The van der Waals surface area contributed by atoms with Crippen molar-refractivity contribution in [3.8, 4) is 0 Å². The Labute approximate surface area is 55.6 Å². The third-order valence-corrected chi connectivity index (χ3v) is 2.15. The largest absolute Gasteiger partial charge is 0.372 e. The van der Waals surface area contributed by atoms with Gasteiger partial charge in [-0.25, -0.2) is 0 Å². The van der Waals surface area contributed by atoms with E-state index in [0.717, 1.165) is 13.2 Å². The Kier molecular flexibility index (Phi) is 1.24. The molecular formula is C7H12NO. The Morgan fingerprint density at radius 2 is 2.33 bits per heavy atom. The molecule has 0 amide bonds. The molecule has 0 aliphatic carbocycles. The van der Waals surface area contributed by atoms with Crippen LogP contribution in [0.1, 0.15) is 19.3 Å². The summed E-state index contributed by atoms with van der Waals surface area (Å²) in [7, 11) is 0. The van der Waals surface area contributed by atoms with Crippen LogP contribution in [0.3, 0.4) is 0 Å². The molecule has 51 valence electrons. The summed E-state index contributed by atoms with van der Waals surface area (Å²) in [5.41, 5.74) is 0.165. The summed E-state index contributed by atoms with van der Waals surface area (Å²) in [4.78, 5) is 0. The van der Waals surface area contributed by atoms with Crippen molar-refractivity contribution in [3.63, 3.8) is 0 Å². The molecule has 9 heavy (non-hydrogen) atoms. The van der Waals surface area contributed by atoms with Crippen LogP contribution in [0.15, 0.2) is 0 Å². The highest BCUT2D eigenvalue weighted by Gasteiger charge is 2.39. The Morgan fingerprint density at radius 1 is 1.44 bits per heavy atom. The first-order valence-corrected chi connectivity index (χ1v) is 3.63. The van der Waals surface area contributed by atoms with Gasteiger partial charge in [-0.1, -0.05) is 0 Å². The average molecular weight is 126 g/mol. The van der Waals surface area contributed by atoms with Gasteiger partial charge in [-0.3, -0.25) is 0 Å². The molecule has 0 bridgehead atoms. The second kappa shape index (κ2) is 1.96. The van der Waals surface area contributed by atoms with Gasteiger partial charge in [0, 0.05) is 13.2 Å². The van der Waals surface area contributed by atoms with E-state index in [1.54, 1.807) is 0 Å². The number of ether oxygens (including phenoxy) is 1. The maximum Gasteiger partial charge on any atom is 0.0974 e. The summed E-state index contributed by atoms with van der Waals surface area (Å²) in [6, 6.07) is 0. The van der Waals surface area contributed by atoms with Gasteiger partial charge >= 0.3 is 0 Å². The SMILES string of the molecule is [CH]1NCC12CCCCO2. The van der Waals surface area contributed by atoms with E-state index in [1.165, 1.54) is 19.3 Å². The van der Waals surface area contributed by atoms with Crippen molar-refractivity contribution >= 4 is 0 Å². The summed E-state index contributed by atoms with van der Waals surface area (Å²) < 4.78 is 5.58. The molecule has 2 rings (SSSR count).